The summed E-state index contributed by atoms with van der Waals surface area (Å²) in [6.45, 7) is 0. The number of carbonyl (C=O) groups excluding carboxylic acids is 1. The van der Waals surface area contributed by atoms with Crippen molar-refractivity contribution in [3.63, 3.8) is 0 Å². The van der Waals surface area contributed by atoms with Gasteiger partial charge in [-0.1, -0.05) is 0 Å². The van der Waals surface area contributed by atoms with Crippen LogP contribution in [0.4, 0.5) is 0 Å². The molecule has 1 aromatic carbocycles. The number of ether oxygens (including phenoxy) is 2. The van der Waals surface area contributed by atoms with Crippen molar-refractivity contribution in [2.75, 3.05) is 14.2 Å². The Balaban J connectivity index is 2.16. The highest BCUT2D eigenvalue weighted by atomic mass is 16.5. The molecule has 3 aromatic rings. The van der Waals surface area contributed by atoms with Gasteiger partial charge >= 0.3 is 0 Å². The number of aromatic amines is 1. The molecule has 0 amide bonds. The van der Waals surface area contributed by atoms with Crippen LogP contribution in [0, 0.1) is 0 Å². The van der Waals surface area contributed by atoms with Crippen LogP contribution in [0.15, 0.2) is 35.3 Å². The molecule has 0 radical (unpaired) electrons. The molecule has 1 aliphatic carbocycles. The van der Waals surface area contributed by atoms with Crippen molar-refractivity contribution in [2.45, 2.75) is 0 Å². The van der Waals surface area contributed by atoms with E-state index in [4.69, 9.17) is 9.47 Å². The average Bonchev–Trinajstić information content (AvgIpc) is 2.87. The van der Waals surface area contributed by atoms with E-state index in [0.717, 1.165) is 0 Å². The Morgan fingerprint density at radius 3 is 2.43 bits per heavy atom. The molecule has 0 saturated heterocycles. The number of rotatable bonds is 2. The molecule has 114 valence electrons. The van der Waals surface area contributed by atoms with Crippen LogP contribution in [-0.4, -0.2) is 30.0 Å². The number of H-pyrrole nitrogens is 1. The largest absolute Gasteiger partial charge is 0.493 e. The van der Waals surface area contributed by atoms with Gasteiger partial charge in [-0.3, -0.25) is 14.6 Å². The maximum Gasteiger partial charge on any atom is 0.256 e. The van der Waals surface area contributed by atoms with Gasteiger partial charge in [-0.05, 0) is 24.3 Å². The van der Waals surface area contributed by atoms with Crippen molar-refractivity contribution in [3.05, 3.63) is 52.1 Å². The molecule has 2 aromatic heterocycles. The summed E-state index contributed by atoms with van der Waals surface area (Å²) in [5.41, 5.74) is 1.64. The van der Waals surface area contributed by atoms with E-state index >= 15 is 0 Å². The summed E-state index contributed by atoms with van der Waals surface area (Å²) in [7, 11) is 3.01. The van der Waals surface area contributed by atoms with E-state index in [0.29, 0.717) is 44.8 Å². The number of carbonyl (C=O) groups is 1. The fourth-order valence-electron chi connectivity index (χ4n) is 3.00. The molecule has 2 heterocycles. The molecule has 0 bridgehead atoms. The fourth-order valence-corrected chi connectivity index (χ4v) is 3.00. The van der Waals surface area contributed by atoms with E-state index in [9.17, 15) is 9.59 Å². The molecule has 23 heavy (non-hydrogen) atoms. The summed E-state index contributed by atoms with van der Waals surface area (Å²) in [6, 6.07) is 6.75. The third-order valence-corrected chi connectivity index (χ3v) is 4.05. The first-order chi connectivity index (χ1) is 11.2. The molecule has 6 heteroatoms. The maximum absolute atomic E-state index is 12.7. The Bertz CT molecular complexity index is 1040. The monoisotopic (exact) mass is 308 g/mol. The summed E-state index contributed by atoms with van der Waals surface area (Å²) < 4.78 is 10.5. The van der Waals surface area contributed by atoms with Gasteiger partial charge in [0.25, 0.3) is 5.56 Å². The lowest BCUT2D eigenvalue weighted by molar-refractivity contribution is 0.104. The van der Waals surface area contributed by atoms with E-state index < -0.39 is 0 Å². The van der Waals surface area contributed by atoms with E-state index in [1.807, 2.05) is 0 Å². The number of pyridine rings is 2. The number of ketones is 1. The molecule has 1 aliphatic rings. The number of hydrogen-bond donors (Lipinski definition) is 1. The van der Waals surface area contributed by atoms with Crippen molar-refractivity contribution in [1.29, 1.82) is 0 Å². The number of hydrogen-bond acceptors (Lipinski definition) is 5. The standard InChI is InChI=1S/C17H12N2O4/c1-22-11-6-9-10(7-12(11)23-2)17(21)19-14-8-4-3-5-18-15(8)16(20)13(9)14/h3-7H,1-2H3,(H,19,21). The van der Waals surface area contributed by atoms with Crippen LogP contribution >= 0.6 is 0 Å². The third-order valence-electron chi connectivity index (χ3n) is 4.05. The number of aromatic nitrogens is 2. The first kappa shape index (κ1) is 13.5. The van der Waals surface area contributed by atoms with E-state index in [-0.39, 0.29) is 11.3 Å². The summed E-state index contributed by atoms with van der Waals surface area (Å²) in [4.78, 5) is 32.1. The van der Waals surface area contributed by atoms with Crippen LogP contribution in [0.2, 0.25) is 0 Å². The molecule has 0 spiro atoms. The molecule has 0 fully saturated rings. The van der Waals surface area contributed by atoms with Crippen molar-refractivity contribution >= 4 is 16.6 Å². The van der Waals surface area contributed by atoms with Crippen molar-refractivity contribution in [2.24, 2.45) is 0 Å². The molecule has 4 rings (SSSR count). The van der Waals surface area contributed by atoms with Crippen molar-refractivity contribution in [3.8, 4) is 22.8 Å². The molecule has 0 atom stereocenters. The minimum Gasteiger partial charge on any atom is -0.493 e. The number of benzene rings is 1. The fraction of sp³-hybridized carbons (Fsp3) is 0.118. The molecular weight excluding hydrogens is 296 g/mol. The zero-order valence-electron chi connectivity index (χ0n) is 12.5. The van der Waals surface area contributed by atoms with Gasteiger partial charge in [-0.15, -0.1) is 0 Å². The predicted octanol–water partition coefficient (Wildman–Crippen LogP) is 2.15. The Morgan fingerprint density at radius 1 is 1.04 bits per heavy atom. The zero-order chi connectivity index (χ0) is 16.1. The van der Waals surface area contributed by atoms with Crippen LogP contribution in [0.1, 0.15) is 16.1 Å². The van der Waals surface area contributed by atoms with Crippen LogP contribution in [-0.2, 0) is 0 Å². The first-order valence-electron chi connectivity index (χ1n) is 6.97. The molecule has 0 unspecified atom stereocenters. The zero-order valence-corrected chi connectivity index (χ0v) is 12.5. The van der Waals surface area contributed by atoms with Gasteiger partial charge in [0, 0.05) is 17.1 Å². The van der Waals surface area contributed by atoms with Crippen LogP contribution in [0.5, 0.6) is 11.5 Å². The van der Waals surface area contributed by atoms with Gasteiger partial charge in [-0.25, -0.2) is 0 Å². The maximum atomic E-state index is 12.7. The minimum atomic E-state index is -0.288. The molecular formula is C17H12N2O4. The summed E-state index contributed by atoms with van der Waals surface area (Å²) in [6.07, 6.45) is 1.56. The van der Waals surface area contributed by atoms with E-state index in [2.05, 4.69) is 9.97 Å². The van der Waals surface area contributed by atoms with Gasteiger partial charge < -0.3 is 14.5 Å². The number of fused-ring (bicyclic) bond motifs is 5. The highest BCUT2D eigenvalue weighted by Crippen LogP contribution is 2.39. The van der Waals surface area contributed by atoms with Crippen LogP contribution in [0.3, 0.4) is 0 Å². The Labute approximate surface area is 130 Å². The van der Waals surface area contributed by atoms with Crippen molar-refractivity contribution in [1.82, 2.24) is 9.97 Å². The highest BCUT2D eigenvalue weighted by Gasteiger charge is 2.31. The summed E-state index contributed by atoms with van der Waals surface area (Å²) >= 11 is 0. The second kappa shape index (κ2) is 4.67. The van der Waals surface area contributed by atoms with Gasteiger partial charge in [0.2, 0.25) is 5.78 Å². The molecule has 6 nitrogen and oxygen atoms in total. The smallest absolute Gasteiger partial charge is 0.256 e. The second-order valence-corrected chi connectivity index (χ2v) is 5.19. The second-order valence-electron chi connectivity index (χ2n) is 5.19. The lowest BCUT2D eigenvalue weighted by Gasteiger charge is -2.10. The molecule has 0 saturated carbocycles. The lowest BCUT2D eigenvalue weighted by atomic mass is 10.0. The van der Waals surface area contributed by atoms with Crippen LogP contribution < -0.4 is 15.0 Å². The SMILES string of the molecule is COc1cc2c3c([nH]c(=O)c2cc1OC)-c1cccnc1C3=O. The van der Waals surface area contributed by atoms with E-state index in [1.54, 1.807) is 30.5 Å². The predicted molar refractivity (Wildman–Crippen MR) is 84.3 cm³/mol. The number of nitrogens with one attached hydrogen (secondary N) is 1. The average molecular weight is 308 g/mol. The van der Waals surface area contributed by atoms with Crippen LogP contribution in [0.25, 0.3) is 22.0 Å². The Hall–Kier alpha value is -3.15. The molecule has 1 N–H and O–H groups in total. The minimum absolute atomic E-state index is 0.205. The topological polar surface area (TPSA) is 81.3 Å². The van der Waals surface area contributed by atoms with Gasteiger partial charge in [0.05, 0.1) is 30.9 Å². The van der Waals surface area contributed by atoms with Gasteiger partial charge in [-0.2, -0.15) is 0 Å². The summed E-state index contributed by atoms with van der Waals surface area (Å²) in [5.74, 6) is 0.695. The summed E-state index contributed by atoms with van der Waals surface area (Å²) in [5, 5.41) is 0.909. The van der Waals surface area contributed by atoms with Gasteiger partial charge in [0.15, 0.2) is 11.5 Å². The normalized spacial score (nSPS) is 12.2. The Morgan fingerprint density at radius 2 is 1.74 bits per heavy atom. The molecule has 0 aliphatic heterocycles. The first-order valence-corrected chi connectivity index (χ1v) is 6.97. The Kier molecular flexibility index (Phi) is 2.74. The number of nitrogens with zero attached hydrogens (tertiary/aromatic N) is 1. The highest BCUT2D eigenvalue weighted by molar-refractivity contribution is 6.25. The lowest BCUT2D eigenvalue weighted by Crippen LogP contribution is -2.10. The van der Waals surface area contributed by atoms with E-state index in [1.165, 1.54) is 14.2 Å². The third kappa shape index (κ3) is 1.72. The van der Waals surface area contributed by atoms with Gasteiger partial charge in [0.1, 0.15) is 5.69 Å². The quantitative estimate of drug-likeness (QED) is 0.613. The van der Waals surface area contributed by atoms with Crippen molar-refractivity contribution < 1.29 is 14.3 Å². The number of methoxy groups -OCH3 is 2.